The summed E-state index contributed by atoms with van der Waals surface area (Å²) in [5.41, 5.74) is 9.92. The van der Waals surface area contributed by atoms with Crippen molar-refractivity contribution in [3.8, 4) is 22.5 Å². The SMILES string of the molecule is C\C=C/C(=C\C=N\CCC[n+]1ccc(-c2cc[n+](-c3ccccc3C(C)C)cc2)cc1)c1cc[n+](-c2ccccc2C(C)C)cc1. The minimum absolute atomic E-state index is 0.470. The Morgan fingerprint density at radius 1 is 0.652 bits per heavy atom. The molecule has 0 amide bonds. The van der Waals surface area contributed by atoms with E-state index >= 15 is 0 Å². The number of hydrogen-bond donors (Lipinski definition) is 0. The topological polar surface area (TPSA) is 24.0 Å². The van der Waals surface area contributed by atoms with Crippen molar-refractivity contribution < 1.29 is 13.7 Å². The average molecular weight is 608 g/mol. The van der Waals surface area contributed by atoms with Gasteiger partial charge in [-0.1, -0.05) is 76.2 Å². The van der Waals surface area contributed by atoms with Gasteiger partial charge in [0.05, 0.1) is 0 Å². The Morgan fingerprint density at radius 2 is 1.15 bits per heavy atom. The van der Waals surface area contributed by atoms with Crippen LogP contribution in [-0.2, 0) is 6.54 Å². The Labute approximate surface area is 275 Å². The Balaban J connectivity index is 1.15. The van der Waals surface area contributed by atoms with Crippen LogP contribution >= 0.6 is 0 Å². The maximum Gasteiger partial charge on any atom is 0.214 e. The van der Waals surface area contributed by atoms with Crippen molar-refractivity contribution in [3.63, 3.8) is 0 Å². The maximum absolute atomic E-state index is 4.69. The Bertz CT molecular complexity index is 1790. The van der Waals surface area contributed by atoms with Crippen LogP contribution < -0.4 is 13.7 Å². The Kier molecular flexibility index (Phi) is 11.2. The third kappa shape index (κ3) is 8.19. The van der Waals surface area contributed by atoms with Gasteiger partial charge in [0.15, 0.2) is 37.2 Å². The molecule has 0 spiro atoms. The molecule has 0 saturated heterocycles. The number of hydrogen-bond acceptors (Lipinski definition) is 1. The van der Waals surface area contributed by atoms with Crippen molar-refractivity contribution in [1.29, 1.82) is 0 Å². The molecule has 0 aliphatic carbocycles. The molecule has 2 aromatic carbocycles. The van der Waals surface area contributed by atoms with Crippen LogP contribution in [0.5, 0.6) is 0 Å². The van der Waals surface area contributed by atoms with Crippen LogP contribution in [0.3, 0.4) is 0 Å². The molecular formula is C42H47N4+3. The van der Waals surface area contributed by atoms with Gasteiger partial charge in [0.1, 0.15) is 6.54 Å². The highest BCUT2D eigenvalue weighted by atomic mass is 14.9. The fraction of sp³-hybridized carbons (Fsp3) is 0.238. The molecule has 0 N–H and O–H groups in total. The van der Waals surface area contributed by atoms with E-state index in [0.29, 0.717) is 11.8 Å². The molecule has 0 fully saturated rings. The second kappa shape index (κ2) is 15.9. The fourth-order valence-corrected chi connectivity index (χ4v) is 5.76. The molecule has 0 bridgehead atoms. The first-order valence-electron chi connectivity index (χ1n) is 16.5. The molecule has 46 heavy (non-hydrogen) atoms. The second-order valence-corrected chi connectivity index (χ2v) is 12.3. The van der Waals surface area contributed by atoms with Gasteiger partial charge < -0.3 is 0 Å². The van der Waals surface area contributed by atoms with Crippen LogP contribution in [0, 0.1) is 0 Å². The van der Waals surface area contributed by atoms with E-state index in [1.54, 1.807) is 0 Å². The molecule has 0 aliphatic rings. The van der Waals surface area contributed by atoms with Crippen LogP contribution in [-0.4, -0.2) is 12.8 Å². The Morgan fingerprint density at radius 3 is 1.67 bits per heavy atom. The van der Waals surface area contributed by atoms with E-state index in [4.69, 9.17) is 0 Å². The van der Waals surface area contributed by atoms with Crippen LogP contribution in [0.4, 0.5) is 0 Å². The molecule has 4 nitrogen and oxygen atoms in total. The summed E-state index contributed by atoms with van der Waals surface area (Å²) < 4.78 is 6.65. The zero-order valence-electron chi connectivity index (χ0n) is 27.9. The van der Waals surface area contributed by atoms with Gasteiger partial charge in [0.2, 0.25) is 11.4 Å². The van der Waals surface area contributed by atoms with E-state index in [-0.39, 0.29) is 0 Å². The molecule has 3 aromatic heterocycles. The molecule has 232 valence electrons. The number of aromatic nitrogens is 3. The first-order chi connectivity index (χ1) is 22.4. The van der Waals surface area contributed by atoms with E-state index in [1.807, 2.05) is 6.21 Å². The first kappa shape index (κ1) is 32.4. The van der Waals surface area contributed by atoms with Crippen LogP contribution in [0.25, 0.3) is 28.1 Å². The largest absolute Gasteiger partial charge is 0.293 e. The van der Waals surface area contributed by atoms with Gasteiger partial charge in [-0.25, -0.2) is 4.57 Å². The second-order valence-electron chi connectivity index (χ2n) is 12.3. The highest BCUT2D eigenvalue weighted by molar-refractivity contribution is 5.88. The third-order valence-corrected chi connectivity index (χ3v) is 8.30. The highest BCUT2D eigenvalue weighted by Crippen LogP contribution is 2.22. The molecule has 0 saturated carbocycles. The molecule has 3 heterocycles. The van der Waals surface area contributed by atoms with Crippen LogP contribution in [0.15, 0.2) is 145 Å². The molecule has 4 heteroatoms. The van der Waals surface area contributed by atoms with Crippen LogP contribution in [0.2, 0.25) is 0 Å². The van der Waals surface area contributed by atoms with Gasteiger partial charge in [-0.3, -0.25) is 4.99 Å². The number of benzene rings is 2. The van der Waals surface area contributed by atoms with Gasteiger partial charge in [0.25, 0.3) is 0 Å². The van der Waals surface area contributed by atoms with Crippen molar-refractivity contribution in [2.24, 2.45) is 4.99 Å². The molecule has 5 aromatic rings. The lowest BCUT2D eigenvalue weighted by molar-refractivity contribution is -0.697. The number of nitrogens with zero attached hydrogens (tertiary/aromatic N) is 4. The van der Waals surface area contributed by atoms with E-state index in [9.17, 15) is 0 Å². The standard InChI is InChI=1S/C42H47N4/c1-6-12-35(37-20-29-45(30-21-37)41-15-9-7-13-39(41)33(2)3)17-25-43-24-11-26-44-27-18-36(19-28-44)38-22-31-46(32-23-38)42-16-10-8-14-40(42)34(4)5/h6-10,12-23,25,27-34H,11,24,26H2,1-5H3/q+3/b12-6-,35-17+,43-25+. The lowest BCUT2D eigenvalue weighted by Gasteiger charge is -2.08. The molecule has 0 radical (unpaired) electrons. The quantitative estimate of drug-likeness (QED) is 0.0587. The van der Waals surface area contributed by atoms with Crippen molar-refractivity contribution in [1.82, 2.24) is 0 Å². The minimum Gasteiger partial charge on any atom is -0.293 e. The number of allylic oxidation sites excluding steroid dienone is 4. The van der Waals surface area contributed by atoms with E-state index in [1.165, 1.54) is 39.2 Å². The van der Waals surface area contributed by atoms with E-state index in [2.05, 4.69) is 194 Å². The van der Waals surface area contributed by atoms with Gasteiger partial charge in [-0.2, -0.15) is 9.13 Å². The van der Waals surface area contributed by atoms with Gasteiger partial charge in [0, 0.05) is 78.8 Å². The third-order valence-electron chi connectivity index (χ3n) is 8.30. The molecule has 5 rings (SSSR count). The summed E-state index contributed by atoms with van der Waals surface area (Å²) in [6, 6.07) is 30.4. The summed E-state index contributed by atoms with van der Waals surface area (Å²) in [6.45, 7) is 12.7. The van der Waals surface area contributed by atoms with Crippen LogP contribution in [0.1, 0.15) is 69.6 Å². The summed E-state index contributed by atoms with van der Waals surface area (Å²) in [6.07, 6.45) is 22.2. The zero-order valence-corrected chi connectivity index (χ0v) is 27.9. The van der Waals surface area contributed by atoms with Crippen molar-refractivity contribution in [2.75, 3.05) is 6.54 Å². The smallest absolute Gasteiger partial charge is 0.214 e. The van der Waals surface area contributed by atoms with Gasteiger partial charge in [-0.15, -0.1) is 0 Å². The number of aryl methyl sites for hydroxylation is 1. The van der Waals surface area contributed by atoms with Crippen molar-refractivity contribution in [3.05, 3.63) is 157 Å². The zero-order chi connectivity index (χ0) is 32.3. The first-order valence-corrected chi connectivity index (χ1v) is 16.5. The average Bonchev–Trinajstić information content (AvgIpc) is 3.09. The highest BCUT2D eigenvalue weighted by Gasteiger charge is 2.16. The maximum atomic E-state index is 4.69. The summed E-state index contributed by atoms with van der Waals surface area (Å²) in [4.78, 5) is 4.69. The predicted octanol–water partition coefficient (Wildman–Crippen LogP) is 8.56. The van der Waals surface area contributed by atoms with Crippen molar-refractivity contribution >= 4 is 11.8 Å². The summed E-state index contributed by atoms with van der Waals surface area (Å²) in [5, 5.41) is 0. The van der Waals surface area contributed by atoms with Gasteiger partial charge >= 0.3 is 0 Å². The molecule has 0 unspecified atom stereocenters. The molecule has 0 aliphatic heterocycles. The van der Waals surface area contributed by atoms with Gasteiger partial charge in [-0.05, 0) is 47.1 Å². The monoisotopic (exact) mass is 607 g/mol. The predicted molar refractivity (Wildman–Crippen MR) is 191 cm³/mol. The number of pyridine rings is 3. The number of rotatable bonds is 12. The normalized spacial score (nSPS) is 12.2. The van der Waals surface area contributed by atoms with E-state index < -0.39 is 0 Å². The summed E-state index contributed by atoms with van der Waals surface area (Å²) in [5.74, 6) is 0.948. The lowest BCUT2D eigenvalue weighted by Crippen LogP contribution is -2.33. The fourth-order valence-electron chi connectivity index (χ4n) is 5.76. The summed E-state index contributed by atoms with van der Waals surface area (Å²) >= 11 is 0. The lowest BCUT2D eigenvalue weighted by atomic mass is 10.0. The van der Waals surface area contributed by atoms with Crippen molar-refractivity contribution in [2.45, 2.75) is 59.4 Å². The molecule has 0 atom stereocenters. The molecular weight excluding hydrogens is 560 g/mol. The van der Waals surface area contributed by atoms with E-state index in [0.717, 1.165) is 25.1 Å². The summed E-state index contributed by atoms with van der Waals surface area (Å²) in [7, 11) is 0. The number of aliphatic imine (C=N–C) groups is 1. The Hall–Kier alpha value is -4.96. The number of para-hydroxylation sites is 2. The minimum atomic E-state index is 0.470.